The van der Waals surface area contributed by atoms with Crippen molar-refractivity contribution in [2.75, 3.05) is 7.05 Å². The summed E-state index contributed by atoms with van der Waals surface area (Å²) >= 11 is 0. The molecular formula is C17H23N3. The molecule has 2 aromatic rings. The second-order valence-electron chi connectivity index (χ2n) is 6.17. The molecule has 0 spiro atoms. The van der Waals surface area contributed by atoms with Crippen LogP contribution < -0.4 is 5.32 Å². The number of nitrogens with one attached hydrogen (secondary N) is 1. The van der Waals surface area contributed by atoms with Crippen LogP contribution in [0.3, 0.4) is 0 Å². The van der Waals surface area contributed by atoms with Crippen molar-refractivity contribution in [1.29, 1.82) is 0 Å². The minimum absolute atomic E-state index is 0.142. The Balaban J connectivity index is 2.49. The van der Waals surface area contributed by atoms with Gasteiger partial charge in [0.15, 0.2) is 0 Å². The zero-order valence-electron chi connectivity index (χ0n) is 13.0. The van der Waals surface area contributed by atoms with Crippen LogP contribution in [0.4, 0.5) is 0 Å². The molecule has 20 heavy (non-hydrogen) atoms. The lowest BCUT2D eigenvalue weighted by Crippen LogP contribution is -2.12. The summed E-state index contributed by atoms with van der Waals surface area (Å²) in [6.07, 6.45) is 1.83. The van der Waals surface area contributed by atoms with E-state index in [1.165, 1.54) is 16.7 Å². The van der Waals surface area contributed by atoms with Crippen LogP contribution in [0.25, 0.3) is 11.3 Å². The number of nitrogens with zero attached hydrogens (tertiary/aromatic N) is 2. The summed E-state index contributed by atoms with van der Waals surface area (Å²) in [7, 11) is 1.90. The van der Waals surface area contributed by atoms with Crippen molar-refractivity contribution in [1.82, 2.24) is 15.3 Å². The quantitative estimate of drug-likeness (QED) is 0.927. The number of rotatable bonds is 3. The fraction of sp³-hybridized carbons (Fsp3) is 0.412. The summed E-state index contributed by atoms with van der Waals surface area (Å²) in [6.45, 7) is 9.50. The molecule has 0 aliphatic carbocycles. The van der Waals surface area contributed by atoms with E-state index in [0.29, 0.717) is 6.54 Å². The molecule has 0 saturated heterocycles. The molecule has 0 radical (unpaired) electrons. The highest BCUT2D eigenvalue weighted by Gasteiger charge is 2.15. The van der Waals surface area contributed by atoms with E-state index in [1.54, 1.807) is 0 Å². The van der Waals surface area contributed by atoms with E-state index >= 15 is 0 Å². The molecule has 0 aliphatic heterocycles. The average molecular weight is 269 g/mol. The monoisotopic (exact) mass is 269 g/mol. The van der Waals surface area contributed by atoms with Crippen molar-refractivity contribution in [2.24, 2.45) is 0 Å². The van der Waals surface area contributed by atoms with Crippen LogP contribution in [0.15, 0.2) is 30.5 Å². The van der Waals surface area contributed by atoms with Crippen molar-refractivity contribution >= 4 is 0 Å². The summed E-state index contributed by atoms with van der Waals surface area (Å²) in [5, 5.41) is 3.09. The van der Waals surface area contributed by atoms with Gasteiger partial charge in [0.1, 0.15) is 5.82 Å². The lowest BCUT2D eigenvalue weighted by molar-refractivity contribution is 0.590. The second kappa shape index (κ2) is 5.71. The third-order valence-corrected chi connectivity index (χ3v) is 3.42. The third kappa shape index (κ3) is 3.23. The van der Waals surface area contributed by atoms with Gasteiger partial charge in [0.2, 0.25) is 0 Å². The van der Waals surface area contributed by atoms with Crippen LogP contribution >= 0.6 is 0 Å². The van der Waals surface area contributed by atoms with Gasteiger partial charge in [-0.3, -0.25) is 0 Å². The van der Waals surface area contributed by atoms with Crippen LogP contribution in [-0.4, -0.2) is 17.0 Å². The molecule has 106 valence electrons. The summed E-state index contributed by atoms with van der Waals surface area (Å²) < 4.78 is 0. The number of hydrogen-bond acceptors (Lipinski definition) is 3. The topological polar surface area (TPSA) is 37.8 Å². The molecule has 3 nitrogen and oxygen atoms in total. The van der Waals surface area contributed by atoms with Crippen LogP contribution in [0.2, 0.25) is 0 Å². The van der Waals surface area contributed by atoms with Gasteiger partial charge in [0.25, 0.3) is 0 Å². The number of benzene rings is 1. The largest absolute Gasteiger partial charge is 0.313 e. The first kappa shape index (κ1) is 14.7. The van der Waals surface area contributed by atoms with Crippen LogP contribution in [-0.2, 0) is 12.0 Å². The summed E-state index contributed by atoms with van der Waals surface area (Å²) in [5.74, 6) is 0.825. The normalized spacial score (nSPS) is 11.7. The zero-order valence-corrected chi connectivity index (χ0v) is 13.0. The van der Waals surface area contributed by atoms with Crippen molar-refractivity contribution in [3.8, 4) is 11.3 Å². The van der Waals surface area contributed by atoms with E-state index in [0.717, 1.165) is 11.5 Å². The Morgan fingerprint density at radius 2 is 1.90 bits per heavy atom. The van der Waals surface area contributed by atoms with Crippen molar-refractivity contribution < 1.29 is 0 Å². The molecule has 1 N–H and O–H groups in total. The van der Waals surface area contributed by atoms with Crippen molar-refractivity contribution in [3.63, 3.8) is 0 Å². The Kier molecular flexibility index (Phi) is 4.19. The highest BCUT2D eigenvalue weighted by Crippen LogP contribution is 2.29. The summed E-state index contributed by atoms with van der Waals surface area (Å²) in [4.78, 5) is 8.92. The third-order valence-electron chi connectivity index (χ3n) is 3.42. The Hall–Kier alpha value is -1.74. The predicted octanol–water partition coefficient (Wildman–Crippen LogP) is 3.47. The van der Waals surface area contributed by atoms with Crippen LogP contribution in [0, 0.1) is 6.92 Å². The first-order chi connectivity index (χ1) is 9.41. The maximum atomic E-state index is 4.64. The Morgan fingerprint density at radius 3 is 2.55 bits per heavy atom. The zero-order chi connectivity index (χ0) is 14.8. The van der Waals surface area contributed by atoms with E-state index in [9.17, 15) is 0 Å². The fourth-order valence-electron chi connectivity index (χ4n) is 2.16. The van der Waals surface area contributed by atoms with Gasteiger partial charge in [-0.1, -0.05) is 32.9 Å². The molecule has 1 aromatic carbocycles. The van der Waals surface area contributed by atoms with Gasteiger partial charge < -0.3 is 5.32 Å². The fourth-order valence-corrected chi connectivity index (χ4v) is 2.16. The van der Waals surface area contributed by atoms with E-state index in [4.69, 9.17) is 0 Å². The molecule has 0 amide bonds. The number of hydrogen-bond donors (Lipinski definition) is 1. The van der Waals surface area contributed by atoms with Gasteiger partial charge >= 0.3 is 0 Å². The maximum absolute atomic E-state index is 4.64. The van der Waals surface area contributed by atoms with Gasteiger partial charge in [-0.15, -0.1) is 0 Å². The Morgan fingerprint density at radius 1 is 1.15 bits per heavy atom. The predicted molar refractivity (Wildman–Crippen MR) is 83.7 cm³/mol. The molecule has 0 unspecified atom stereocenters. The molecular weight excluding hydrogens is 246 g/mol. The molecule has 1 aromatic heterocycles. The van der Waals surface area contributed by atoms with E-state index in [2.05, 4.69) is 61.2 Å². The number of aryl methyl sites for hydroxylation is 1. The van der Waals surface area contributed by atoms with Crippen LogP contribution in [0.1, 0.15) is 37.7 Å². The second-order valence-corrected chi connectivity index (χ2v) is 6.17. The smallest absolute Gasteiger partial charge is 0.142 e. The minimum Gasteiger partial charge on any atom is -0.313 e. The molecule has 2 rings (SSSR count). The van der Waals surface area contributed by atoms with E-state index in [1.807, 2.05) is 19.3 Å². The van der Waals surface area contributed by atoms with Crippen molar-refractivity contribution in [3.05, 3.63) is 47.4 Å². The highest BCUT2D eigenvalue weighted by molar-refractivity contribution is 5.64. The van der Waals surface area contributed by atoms with Gasteiger partial charge in [-0.2, -0.15) is 0 Å². The molecule has 0 saturated carbocycles. The molecule has 0 bridgehead atoms. The molecule has 3 heteroatoms. The average Bonchev–Trinajstić information content (AvgIpc) is 2.38. The Bertz CT molecular complexity index is 597. The van der Waals surface area contributed by atoms with Gasteiger partial charge in [-0.05, 0) is 42.6 Å². The van der Waals surface area contributed by atoms with E-state index in [-0.39, 0.29) is 5.41 Å². The van der Waals surface area contributed by atoms with Gasteiger partial charge in [0.05, 0.1) is 12.2 Å². The SMILES string of the molecule is CNCc1nccc(-c2cc(C(C)(C)C)ccc2C)n1. The lowest BCUT2D eigenvalue weighted by Gasteiger charge is -2.20. The highest BCUT2D eigenvalue weighted by atomic mass is 14.9. The molecule has 0 atom stereocenters. The standard InChI is InChI=1S/C17H23N3/c1-12-6-7-13(17(2,3)4)10-14(12)15-8-9-19-16(20-15)11-18-5/h6-10,18H,11H2,1-5H3. The minimum atomic E-state index is 0.142. The summed E-state index contributed by atoms with van der Waals surface area (Å²) in [5.41, 5.74) is 4.90. The lowest BCUT2D eigenvalue weighted by atomic mass is 9.85. The molecule has 1 heterocycles. The van der Waals surface area contributed by atoms with Crippen LogP contribution in [0.5, 0.6) is 0 Å². The van der Waals surface area contributed by atoms with Crippen molar-refractivity contribution in [2.45, 2.75) is 39.7 Å². The first-order valence-corrected chi connectivity index (χ1v) is 7.00. The number of aromatic nitrogens is 2. The molecule has 0 fully saturated rings. The Labute approximate surface area is 121 Å². The maximum Gasteiger partial charge on any atom is 0.142 e. The van der Waals surface area contributed by atoms with Gasteiger partial charge in [0, 0.05) is 11.8 Å². The first-order valence-electron chi connectivity index (χ1n) is 7.00. The summed E-state index contributed by atoms with van der Waals surface area (Å²) in [6, 6.07) is 8.61. The van der Waals surface area contributed by atoms with E-state index < -0.39 is 0 Å². The van der Waals surface area contributed by atoms with Gasteiger partial charge in [-0.25, -0.2) is 9.97 Å². The molecule has 0 aliphatic rings.